The standard InChI is InChI=1S/C67H41N7/c1-74-58(60-50-34-32-48-52(42-20-8-2-9-21-42)38-56(44-24-12-4-13-25-44)70-64(48)66(50)72-62(54(60)40-68)46-28-16-6-17-29-46)36-37-59(74)61-51-35-33-49-53(43-22-10-3-11-23-43)39-57(45-26-14-5-15-27-45)71-65(49)67(51)73-63(55(61)41-69)47-30-18-7-19-31-47/h2-39H,1H3. The average molecular weight is 944 g/mol. The maximum atomic E-state index is 11.4. The van der Waals surface area contributed by atoms with E-state index >= 15 is 0 Å². The Bertz CT molecular complexity index is 4120. The highest BCUT2D eigenvalue weighted by Gasteiger charge is 2.27. The molecule has 0 amide bonds. The minimum Gasteiger partial charge on any atom is -0.344 e. The Labute approximate surface area is 427 Å². The number of fused-ring (bicyclic) bond motifs is 6. The number of aromatic nitrogens is 5. The molecule has 0 radical (unpaired) electrons. The second kappa shape index (κ2) is 18.1. The fourth-order valence-electron chi connectivity index (χ4n) is 10.6. The van der Waals surface area contributed by atoms with Gasteiger partial charge in [0.25, 0.3) is 0 Å². The Hall–Kier alpha value is -10.3. The second-order valence-corrected chi connectivity index (χ2v) is 18.3. The van der Waals surface area contributed by atoms with Crippen LogP contribution in [-0.4, -0.2) is 24.5 Å². The van der Waals surface area contributed by atoms with Crippen molar-refractivity contribution in [3.63, 3.8) is 0 Å². The van der Waals surface area contributed by atoms with Crippen molar-refractivity contribution >= 4 is 43.6 Å². The lowest BCUT2D eigenvalue weighted by Gasteiger charge is -2.19. The summed E-state index contributed by atoms with van der Waals surface area (Å²) in [6.07, 6.45) is 0. The van der Waals surface area contributed by atoms with Crippen LogP contribution in [0.2, 0.25) is 0 Å². The molecule has 5 heterocycles. The van der Waals surface area contributed by atoms with Crippen LogP contribution in [0.25, 0.3) is 133 Å². The predicted molar refractivity (Wildman–Crippen MR) is 300 cm³/mol. The molecule has 5 aromatic heterocycles. The summed E-state index contributed by atoms with van der Waals surface area (Å²) < 4.78 is 2.11. The molecule has 0 N–H and O–H groups in total. The Morgan fingerprint density at radius 1 is 0.324 bits per heavy atom. The zero-order valence-electron chi connectivity index (χ0n) is 40.1. The largest absolute Gasteiger partial charge is 0.344 e. The third-order valence-electron chi connectivity index (χ3n) is 14.1. The SMILES string of the molecule is Cn1c(-c2c(C#N)c(-c3ccccc3)nc3c2ccc2c(-c4ccccc4)cc(-c4ccccc4)nc23)ccc1-c1c(C#N)c(-c2ccccc2)nc2c1ccc1c(-c3ccccc3)cc(-c3ccccc3)nc12. The fourth-order valence-corrected chi connectivity index (χ4v) is 10.6. The molecule has 0 aliphatic carbocycles. The highest BCUT2D eigenvalue weighted by atomic mass is 15.0. The lowest BCUT2D eigenvalue weighted by molar-refractivity contribution is 0.947. The van der Waals surface area contributed by atoms with Gasteiger partial charge in [0.05, 0.1) is 67.4 Å². The molecule has 0 aliphatic heterocycles. The van der Waals surface area contributed by atoms with Gasteiger partial charge in [-0.25, -0.2) is 19.9 Å². The molecular weight excluding hydrogens is 903 g/mol. The molecule has 13 rings (SSSR count). The van der Waals surface area contributed by atoms with Crippen molar-refractivity contribution in [3.05, 3.63) is 242 Å². The Balaban J connectivity index is 1.12. The van der Waals surface area contributed by atoms with E-state index in [2.05, 4.69) is 138 Å². The quantitative estimate of drug-likeness (QED) is 0.141. The monoisotopic (exact) mass is 943 g/mol. The molecule has 0 atom stereocenters. The first kappa shape index (κ1) is 43.7. The number of nitriles is 2. The molecule has 0 saturated carbocycles. The van der Waals surface area contributed by atoms with Gasteiger partial charge >= 0.3 is 0 Å². The number of benzene rings is 8. The summed E-state index contributed by atoms with van der Waals surface area (Å²) in [5.41, 5.74) is 17.1. The number of nitrogens with zero attached hydrogens (tertiary/aromatic N) is 7. The van der Waals surface area contributed by atoms with Crippen LogP contribution in [0.15, 0.2) is 231 Å². The molecule has 0 spiro atoms. The molecule has 0 saturated heterocycles. The van der Waals surface area contributed by atoms with Crippen molar-refractivity contribution < 1.29 is 0 Å². The van der Waals surface area contributed by atoms with Crippen LogP contribution in [0.1, 0.15) is 11.1 Å². The van der Waals surface area contributed by atoms with Crippen LogP contribution in [0.5, 0.6) is 0 Å². The predicted octanol–water partition coefficient (Wildman–Crippen LogP) is 16.3. The van der Waals surface area contributed by atoms with E-state index in [9.17, 15) is 10.5 Å². The number of hydrogen-bond acceptors (Lipinski definition) is 6. The molecule has 344 valence electrons. The van der Waals surface area contributed by atoms with E-state index in [1.807, 2.05) is 116 Å². The Kier molecular flexibility index (Phi) is 10.7. The van der Waals surface area contributed by atoms with Crippen LogP contribution in [-0.2, 0) is 7.05 Å². The smallest absolute Gasteiger partial charge is 0.102 e. The molecule has 8 aromatic carbocycles. The van der Waals surface area contributed by atoms with Crippen LogP contribution >= 0.6 is 0 Å². The van der Waals surface area contributed by atoms with Crippen molar-refractivity contribution in [1.29, 1.82) is 10.5 Å². The van der Waals surface area contributed by atoms with Gasteiger partial charge in [0, 0.05) is 62.0 Å². The Morgan fingerprint density at radius 2 is 0.622 bits per heavy atom. The van der Waals surface area contributed by atoms with Gasteiger partial charge in [-0.05, 0) is 46.5 Å². The number of rotatable bonds is 8. The zero-order valence-corrected chi connectivity index (χ0v) is 40.1. The molecule has 0 aliphatic rings. The van der Waals surface area contributed by atoms with Crippen molar-refractivity contribution in [1.82, 2.24) is 24.5 Å². The average Bonchev–Trinajstić information content (AvgIpc) is 3.86. The van der Waals surface area contributed by atoms with Crippen molar-refractivity contribution in [3.8, 4) is 102 Å². The summed E-state index contributed by atoms with van der Waals surface area (Å²) in [7, 11) is 2.01. The van der Waals surface area contributed by atoms with Gasteiger partial charge in [0.15, 0.2) is 0 Å². The summed E-state index contributed by atoms with van der Waals surface area (Å²) in [6.45, 7) is 0. The second-order valence-electron chi connectivity index (χ2n) is 18.3. The zero-order chi connectivity index (χ0) is 49.7. The third kappa shape index (κ3) is 7.27. The lowest BCUT2D eigenvalue weighted by atomic mass is 9.92. The van der Waals surface area contributed by atoms with Gasteiger partial charge in [0.1, 0.15) is 12.1 Å². The Morgan fingerprint density at radius 3 is 0.959 bits per heavy atom. The summed E-state index contributed by atoms with van der Waals surface area (Å²) in [5.74, 6) is 0. The first-order valence-electron chi connectivity index (χ1n) is 24.5. The normalized spacial score (nSPS) is 11.3. The van der Waals surface area contributed by atoms with Crippen LogP contribution in [0.3, 0.4) is 0 Å². The molecule has 0 unspecified atom stereocenters. The van der Waals surface area contributed by atoms with Gasteiger partial charge in [-0.15, -0.1) is 0 Å². The highest BCUT2D eigenvalue weighted by molar-refractivity contribution is 6.16. The van der Waals surface area contributed by atoms with Crippen molar-refractivity contribution in [2.45, 2.75) is 0 Å². The van der Waals surface area contributed by atoms with Gasteiger partial charge in [-0.2, -0.15) is 10.5 Å². The maximum Gasteiger partial charge on any atom is 0.102 e. The van der Waals surface area contributed by atoms with Gasteiger partial charge < -0.3 is 4.57 Å². The van der Waals surface area contributed by atoms with E-state index in [4.69, 9.17) is 19.9 Å². The summed E-state index contributed by atoms with van der Waals surface area (Å²) >= 11 is 0. The topological polar surface area (TPSA) is 104 Å². The lowest BCUT2D eigenvalue weighted by Crippen LogP contribution is -2.04. The van der Waals surface area contributed by atoms with Gasteiger partial charge in [0.2, 0.25) is 0 Å². The van der Waals surface area contributed by atoms with Gasteiger partial charge in [-0.1, -0.05) is 206 Å². The summed E-state index contributed by atoms with van der Waals surface area (Å²) in [5, 5.41) is 26.3. The molecule has 13 aromatic rings. The molecule has 7 nitrogen and oxygen atoms in total. The van der Waals surface area contributed by atoms with Crippen molar-refractivity contribution in [2.24, 2.45) is 7.05 Å². The maximum absolute atomic E-state index is 11.4. The number of hydrogen-bond donors (Lipinski definition) is 0. The minimum atomic E-state index is 0.431. The molecular formula is C67H41N7. The van der Waals surface area contributed by atoms with Crippen molar-refractivity contribution in [2.75, 3.05) is 0 Å². The number of pyridine rings is 4. The third-order valence-corrected chi connectivity index (χ3v) is 14.1. The van der Waals surface area contributed by atoms with E-state index in [0.29, 0.717) is 44.7 Å². The first-order valence-corrected chi connectivity index (χ1v) is 24.5. The van der Waals surface area contributed by atoms with Crippen LogP contribution in [0, 0.1) is 22.7 Å². The van der Waals surface area contributed by atoms with Crippen LogP contribution < -0.4 is 0 Å². The molecule has 7 heteroatoms. The summed E-state index contributed by atoms with van der Waals surface area (Å²) in [4.78, 5) is 21.7. The van der Waals surface area contributed by atoms with E-state index in [1.165, 1.54) is 0 Å². The fraction of sp³-hybridized carbons (Fsp3) is 0.0149. The van der Waals surface area contributed by atoms with Crippen LogP contribution in [0.4, 0.5) is 0 Å². The van der Waals surface area contributed by atoms with Gasteiger partial charge in [-0.3, -0.25) is 0 Å². The molecule has 0 bridgehead atoms. The van der Waals surface area contributed by atoms with E-state index in [-0.39, 0.29) is 0 Å². The van der Waals surface area contributed by atoms with E-state index in [0.717, 1.165) is 99.9 Å². The van der Waals surface area contributed by atoms with E-state index in [1.54, 1.807) is 0 Å². The first-order chi connectivity index (χ1) is 36.6. The minimum absolute atomic E-state index is 0.431. The summed E-state index contributed by atoms with van der Waals surface area (Å²) in [6, 6.07) is 83.0. The molecule has 74 heavy (non-hydrogen) atoms. The molecule has 0 fully saturated rings. The highest BCUT2D eigenvalue weighted by Crippen LogP contribution is 2.46. The van der Waals surface area contributed by atoms with E-state index < -0.39 is 0 Å².